The summed E-state index contributed by atoms with van der Waals surface area (Å²) in [6.45, 7) is 9.40. The number of fused-ring (bicyclic) bond motifs is 1. The van der Waals surface area contributed by atoms with Crippen molar-refractivity contribution in [1.82, 2.24) is 29.4 Å². The zero-order valence-corrected chi connectivity index (χ0v) is 26.6. The van der Waals surface area contributed by atoms with E-state index in [1.165, 1.54) is 41.7 Å². The molecule has 0 fully saturated rings. The molecule has 3 heterocycles. The zero-order chi connectivity index (χ0) is 33.1. The number of esters is 1. The van der Waals surface area contributed by atoms with Gasteiger partial charge in [0.2, 0.25) is 5.91 Å². The van der Waals surface area contributed by atoms with E-state index in [0.29, 0.717) is 10.6 Å². The molecular formula is C30H34FN7O6S. The molecule has 0 bridgehead atoms. The van der Waals surface area contributed by atoms with E-state index >= 15 is 0 Å². The lowest BCUT2D eigenvalue weighted by atomic mass is 10.0. The van der Waals surface area contributed by atoms with Gasteiger partial charge in [0.05, 0.1) is 55.6 Å². The van der Waals surface area contributed by atoms with Crippen molar-refractivity contribution in [2.75, 3.05) is 13.2 Å². The van der Waals surface area contributed by atoms with Crippen molar-refractivity contribution in [2.24, 2.45) is 0 Å². The summed E-state index contributed by atoms with van der Waals surface area (Å²) < 4.78 is 28.0. The quantitative estimate of drug-likeness (QED) is 0.181. The maximum atomic E-state index is 14.7. The number of nitrogens with zero attached hydrogens (tertiary/aromatic N) is 6. The fraction of sp³-hybridized carbons (Fsp3) is 0.433. The van der Waals surface area contributed by atoms with Crippen LogP contribution >= 0.6 is 11.3 Å². The van der Waals surface area contributed by atoms with E-state index in [-0.39, 0.29) is 53.6 Å². The van der Waals surface area contributed by atoms with Gasteiger partial charge in [0.15, 0.2) is 0 Å². The third-order valence-electron chi connectivity index (χ3n) is 7.06. The van der Waals surface area contributed by atoms with Gasteiger partial charge < -0.3 is 14.8 Å². The molecule has 0 radical (unpaired) electrons. The van der Waals surface area contributed by atoms with Crippen LogP contribution in [0.25, 0.3) is 15.2 Å². The van der Waals surface area contributed by atoms with Crippen LogP contribution in [0, 0.1) is 24.1 Å². The second-order valence-electron chi connectivity index (χ2n) is 11.0. The molecule has 238 valence electrons. The van der Waals surface area contributed by atoms with Crippen molar-refractivity contribution in [3.8, 4) is 11.1 Å². The van der Waals surface area contributed by atoms with Crippen molar-refractivity contribution >= 4 is 33.4 Å². The van der Waals surface area contributed by atoms with Crippen molar-refractivity contribution in [3.05, 3.63) is 73.9 Å². The molecule has 3 aromatic heterocycles. The van der Waals surface area contributed by atoms with E-state index in [1.807, 2.05) is 6.07 Å². The number of hydrogen-bond donors (Lipinski definition) is 1. The number of nitriles is 1. The molecule has 0 aliphatic carbocycles. The second-order valence-corrected chi connectivity index (χ2v) is 11.9. The number of carbonyl (C=O) groups excluding carboxylic acids is 2. The van der Waals surface area contributed by atoms with Gasteiger partial charge >= 0.3 is 11.7 Å². The molecule has 13 nitrogen and oxygen atoms in total. The zero-order valence-electron chi connectivity index (χ0n) is 25.8. The van der Waals surface area contributed by atoms with Crippen LogP contribution in [0.4, 0.5) is 4.39 Å². The molecule has 0 aliphatic heterocycles. The van der Waals surface area contributed by atoms with Crippen molar-refractivity contribution in [3.63, 3.8) is 0 Å². The Morgan fingerprint density at radius 2 is 1.89 bits per heavy atom. The summed E-state index contributed by atoms with van der Waals surface area (Å²) in [5.41, 5.74) is -2.60. The largest absolute Gasteiger partial charge is 0.462 e. The Labute approximate surface area is 261 Å². The lowest BCUT2D eigenvalue weighted by molar-refractivity contribution is -0.129. The summed E-state index contributed by atoms with van der Waals surface area (Å²) in [5, 5.41) is 20.9. The number of aryl methyl sites for hydroxylation is 1. The first-order valence-corrected chi connectivity index (χ1v) is 15.1. The van der Waals surface area contributed by atoms with E-state index in [2.05, 4.69) is 15.5 Å². The first-order valence-electron chi connectivity index (χ1n) is 14.3. The van der Waals surface area contributed by atoms with Crippen LogP contribution < -0.4 is 16.6 Å². The standard InChI is InChI=1S/C30H34FN7O6S/c1-7-43-27(40)20-10-9-19(31)15-21(20)22(44-14-8-11-32)16-36-26-23(18(4)25(45-26)38-33-12-13-34-38)24(39)37(29(36)42)30(5,6)28(41)35-17(2)3/h9-10,12-13,15,17,22H,7-8,14,16H2,1-6H3,(H,35,41)/t22-/m0/s1. The summed E-state index contributed by atoms with van der Waals surface area (Å²) in [6.07, 6.45) is 1.75. The fourth-order valence-electron chi connectivity index (χ4n) is 4.89. The Hall–Kier alpha value is -4.68. The minimum absolute atomic E-state index is 0.0123. The van der Waals surface area contributed by atoms with Crippen LogP contribution in [0.2, 0.25) is 0 Å². The number of ether oxygens (including phenoxy) is 2. The number of halogens is 1. The van der Waals surface area contributed by atoms with Gasteiger partial charge in [0, 0.05) is 11.6 Å². The number of benzene rings is 1. The molecule has 1 atom stereocenters. The number of amides is 1. The number of rotatable bonds is 12. The molecule has 4 rings (SSSR count). The number of carbonyl (C=O) groups is 2. The molecule has 0 spiro atoms. The maximum absolute atomic E-state index is 14.7. The Bertz CT molecular complexity index is 1890. The highest BCUT2D eigenvalue weighted by Gasteiger charge is 2.36. The molecule has 0 unspecified atom stereocenters. The fourth-order valence-corrected chi connectivity index (χ4v) is 6.11. The summed E-state index contributed by atoms with van der Waals surface area (Å²) in [6, 6.07) is 5.18. The summed E-state index contributed by atoms with van der Waals surface area (Å²) >= 11 is 1.08. The average Bonchev–Trinajstić information content (AvgIpc) is 3.62. The van der Waals surface area contributed by atoms with Gasteiger partial charge in [0.25, 0.3) is 5.56 Å². The van der Waals surface area contributed by atoms with Crippen LogP contribution in [0.3, 0.4) is 0 Å². The van der Waals surface area contributed by atoms with E-state index in [0.717, 1.165) is 28.0 Å². The number of hydrogen-bond acceptors (Lipinski definition) is 10. The van der Waals surface area contributed by atoms with E-state index in [9.17, 15) is 23.6 Å². The van der Waals surface area contributed by atoms with E-state index in [4.69, 9.17) is 14.7 Å². The number of aromatic nitrogens is 5. The van der Waals surface area contributed by atoms with Crippen molar-refractivity contribution in [1.29, 1.82) is 5.26 Å². The van der Waals surface area contributed by atoms with Crippen molar-refractivity contribution < 1.29 is 23.5 Å². The Morgan fingerprint density at radius 3 is 2.51 bits per heavy atom. The molecule has 1 N–H and O–H groups in total. The van der Waals surface area contributed by atoms with E-state index < -0.39 is 40.6 Å². The topological polar surface area (TPSA) is 163 Å². The van der Waals surface area contributed by atoms with Crippen LogP contribution in [0.5, 0.6) is 0 Å². The number of nitrogens with one attached hydrogen (secondary N) is 1. The Kier molecular flexibility index (Phi) is 9.99. The highest BCUT2D eigenvalue weighted by molar-refractivity contribution is 7.21. The van der Waals surface area contributed by atoms with Gasteiger partial charge in [-0.1, -0.05) is 11.3 Å². The Balaban J connectivity index is 2.04. The van der Waals surface area contributed by atoms with Gasteiger partial charge in [-0.05, 0) is 65.3 Å². The predicted octanol–water partition coefficient (Wildman–Crippen LogP) is 3.36. The molecule has 15 heteroatoms. The molecule has 1 aromatic carbocycles. The van der Waals surface area contributed by atoms with Crippen LogP contribution in [-0.2, 0) is 26.4 Å². The average molecular weight is 640 g/mol. The molecule has 0 aliphatic rings. The highest BCUT2D eigenvalue weighted by atomic mass is 32.1. The predicted molar refractivity (Wildman–Crippen MR) is 164 cm³/mol. The number of thiophene rings is 1. The van der Waals surface area contributed by atoms with Gasteiger partial charge in [-0.15, -0.1) is 4.80 Å². The monoisotopic (exact) mass is 639 g/mol. The van der Waals surface area contributed by atoms with E-state index in [1.54, 1.807) is 27.7 Å². The minimum atomic E-state index is -1.64. The lowest BCUT2D eigenvalue weighted by Crippen LogP contribution is -2.56. The summed E-state index contributed by atoms with van der Waals surface area (Å²) in [7, 11) is 0. The third kappa shape index (κ3) is 6.57. The molecule has 45 heavy (non-hydrogen) atoms. The maximum Gasteiger partial charge on any atom is 0.338 e. The molecule has 0 saturated heterocycles. The normalized spacial score (nSPS) is 12.3. The van der Waals surface area contributed by atoms with Crippen LogP contribution in [-0.4, -0.2) is 55.3 Å². The molecule has 0 saturated carbocycles. The van der Waals surface area contributed by atoms with Gasteiger partial charge in [-0.25, -0.2) is 18.5 Å². The lowest BCUT2D eigenvalue weighted by Gasteiger charge is -2.28. The summed E-state index contributed by atoms with van der Waals surface area (Å²) in [4.78, 5) is 56.3. The van der Waals surface area contributed by atoms with Crippen molar-refractivity contribution in [2.45, 2.75) is 72.2 Å². The van der Waals surface area contributed by atoms with Gasteiger partial charge in [-0.3, -0.25) is 14.2 Å². The Morgan fingerprint density at radius 1 is 1.20 bits per heavy atom. The highest BCUT2D eigenvalue weighted by Crippen LogP contribution is 2.33. The molecule has 4 aromatic rings. The van der Waals surface area contributed by atoms with Gasteiger partial charge in [-0.2, -0.15) is 15.5 Å². The summed E-state index contributed by atoms with van der Waals surface area (Å²) in [5.74, 6) is -1.95. The SMILES string of the molecule is CCOC(=O)c1ccc(F)cc1[C@H](Cn1c(=O)n(C(C)(C)C(=O)NC(C)C)c(=O)c2c(C)c(-n3nccn3)sc21)OCCC#N. The van der Waals surface area contributed by atoms with Gasteiger partial charge in [0.1, 0.15) is 27.3 Å². The minimum Gasteiger partial charge on any atom is -0.462 e. The van der Waals surface area contributed by atoms with Crippen LogP contribution in [0.1, 0.15) is 68.6 Å². The van der Waals surface area contributed by atoms with Crippen LogP contribution in [0.15, 0.2) is 40.2 Å². The molecule has 1 amide bonds. The second kappa shape index (κ2) is 13.5. The first kappa shape index (κ1) is 33.2. The smallest absolute Gasteiger partial charge is 0.338 e. The third-order valence-corrected chi connectivity index (χ3v) is 8.34. The molecular weight excluding hydrogens is 605 g/mol. The first-order chi connectivity index (χ1) is 21.3.